The van der Waals surface area contributed by atoms with E-state index in [9.17, 15) is 14.7 Å². The third-order valence-corrected chi connectivity index (χ3v) is 5.65. The average molecular weight is 461 g/mol. The van der Waals surface area contributed by atoms with Crippen LogP contribution in [0, 0.1) is 11.3 Å². The molecule has 0 spiro atoms. The van der Waals surface area contributed by atoms with Crippen LogP contribution in [0.25, 0.3) is 17.0 Å². The zero-order valence-electron chi connectivity index (χ0n) is 17.7. The van der Waals surface area contributed by atoms with Gasteiger partial charge in [0.15, 0.2) is 0 Å². The maximum absolute atomic E-state index is 13.3. The molecule has 0 radical (unpaired) electrons. The highest BCUT2D eigenvalue weighted by Crippen LogP contribution is 2.21. The van der Waals surface area contributed by atoms with Gasteiger partial charge in [0, 0.05) is 47.9 Å². The quantitative estimate of drug-likeness (QED) is 0.381. The van der Waals surface area contributed by atoms with Gasteiger partial charge in [0.25, 0.3) is 5.56 Å². The number of unbranched alkanes of at least 4 members (excludes halogenated alkanes) is 2. The molecule has 0 bridgehead atoms. The normalized spacial score (nSPS) is 10.9. The van der Waals surface area contributed by atoms with Crippen LogP contribution in [-0.4, -0.2) is 25.0 Å². The molecule has 4 aromatic rings. The molecule has 0 amide bonds. The summed E-state index contributed by atoms with van der Waals surface area (Å²) in [6, 6.07) is 16.0. The topological polar surface area (TPSA) is 100 Å². The molecule has 0 fully saturated rings. The molecule has 0 saturated heterocycles. The smallest absolute Gasteiger partial charge is 0.335 e. The molecule has 0 unspecified atom stereocenters. The zero-order valence-corrected chi connectivity index (χ0v) is 18.5. The van der Waals surface area contributed by atoms with Crippen molar-refractivity contribution in [1.29, 1.82) is 5.26 Å². The Balaban J connectivity index is 1.78. The van der Waals surface area contributed by atoms with Crippen LogP contribution < -0.4 is 5.56 Å². The van der Waals surface area contributed by atoms with Crippen molar-refractivity contribution in [3.63, 3.8) is 0 Å². The highest BCUT2D eigenvalue weighted by atomic mass is 35.5. The van der Waals surface area contributed by atoms with E-state index in [0.717, 1.165) is 24.0 Å². The Labute approximate surface area is 195 Å². The molecule has 4 rings (SSSR count). The number of carbonyl (C=O) groups is 1. The standard InChI is InChI=1S/C25H21ClN4O3/c26-21-9-7-18(8-10-21)22-16-30-23(31)20(14-17-5-4-6-19(13-17)24(32)33)15-29(25(30)28-22)12-3-1-2-11-27/h4-10,13,15-16H,1-3,12,14H2,(H,32,33). The van der Waals surface area contributed by atoms with Gasteiger partial charge in [-0.05, 0) is 42.7 Å². The molecule has 8 heteroatoms. The Morgan fingerprint density at radius 3 is 2.64 bits per heavy atom. The molecular weight excluding hydrogens is 440 g/mol. The number of aromatic nitrogens is 3. The van der Waals surface area contributed by atoms with E-state index >= 15 is 0 Å². The predicted molar refractivity (Wildman–Crippen MR) is 126 cm³/mol. The van der Waals surface area contributed by atoms with E-state index in [1.807, 2.05) is 16.7 Å². The van der Waals surface area contributed by atoms with Crippen LogP contribution in [0.15, 0.2) is 65.7 Å². The molecule has 0 aliphatic carbocycles. The number of hydrogen-bond donors (Lipinski definition) is 1. The Bertz CT molecular complexity index is 1410. The Kier molecular flexibility index (Phi) is 6.57. The first kappa shape index (κ1) is 22.3. The maximum atomic E-state index is 13.3. The SMILES string of the molecule is N#CCCCCn1cc(Cc2cccc(C(=O)O)c2)c(=O)n2cc(-c3ccc(Cl)cc3)nc12. The van der Waals surface area contributed by atoms with Crippen LogP contribution in [0.5, 0.6) is 0 Å². The maximum Gasteiger partial charge on any atom is 0.335 e. The molecular formula is C25H21ClN4O3. The van der Waals surface area contributed by atoms with Gasteiger partial charge in [-0.3, -0.25) is 9.20 Å². The number of aromatic carboxylic acids is 1. The molecule has 2 aromatic carbocycles. The fourth-order valence-corrected chi connectivity index (χ4v) is 3.87. The largest absolute Gasteiger partial charge is 0.478 e. The first-order chi connectivity index (χ1) is 16.0. The van der Waals surface area contributed by atoms with Crippen molar-refractivity contribution in [2.75, 3.05) is 0 Å². The monoisotopic (exact) mass is 460 g/mol. The summed E-state index contributed by atoms with van der Waals surface area (Å²) in [5.74, 6) is -0.491. The average Bonchev–Trinajstić information content (AvgIpc) is 3.26. The van der Waals surface area contributed by atoms with Gasteiger partial charge >= 0.3 is 5.97 Å². The lowest BCUT2D eigenvalue weighted by atomic mass is 10.0. The molecule has 2 aromatic heterocycles. The van der Waals surface area contributed by atoms with E-state index in [0.29, 0.717) is 41.4 Å². The molecule has 0 aliphatic heterocycles. The highest BCUT2D eigenvalue weighted by Gasteiger charge is 2.15. The van der Waals surface area contributed by atoms with Crippen LogP contribution in [0.4, 0.5) is 0 Å². The van der Waals surface area contributed by atoms with Gasteiger partial charge in [0.1, 0.15) is 0 Å². The first-order valence-electron chi connectivity index (χ1n) is 10.5. The summed E-state index contributed by atoms with van der Waals surface area (Å²) >= 11 is 6.00. The summed E-state index contributed by atoms with van der Waals surface area (Å²) in [4.78, 5) is 29.3. The van der Waals surface area contributed by atoms with E-state index < -0.39 is 5.97 Å². The Hall–Kier alpha value is -3.89. The molecule has 2 heterocycles. The fourth-order valence-electron chi connectivity index (χ4n) is 3.74. The minimum atomic E-state index is -1.01. The van der Waals surface area contributed by atoms with E-state index in [1.54, 1.807) is 42.7 Å². The van der Waals surface area contributed by atoms with Crippen molar-refractivity contribution in [3.8, 4) is 17.3 Å². The minimum Gasteiger partial charge on any atom is -0.478 e. The third kappa shape index (κ3) is 4.97. The second-order valence-corrected chi connectivity index (χ2v) is 8.19. The number of halogens is 1. The summed E-state index contributed by atoms with van der Waals surface area (Å²) in [5, 5.41) is 18.7. The molecule has 33 heavy (non-hydrogen) atoms. The van der Waals surface area contributed by atoms with Crippen LogP contribution in [-0.2, 0) is 13.0 Å². The Morgan fingerprint density at radius 1 is 1.12 bits per heavy atom. The number of nitriles is 1. The lowest BCUT2D eigenvalue weighted by molar-refractivity contribution is 0.0696. The lowest BCUT2D eigenvalue weighted by Gasteiger charge is -2.11. The van der Waals surface area contributed by atoms with Gasteiger partial charge in [-0.15, -0.1) is 0 Å². The third-order valence-electron chi connectivity index (χ3n) is 5.40. The van der Waals surface area contributed by atoms with Crippen molar-refractivity contribution >= 4 is 23.3 Å². The number of hydrogen-bond acceptors (Lipinski definition) is 4. The summed E-state index contributed by atoms with van der Waals surface area (Å²) in [6.07, 6.45) is 5.77. The Morgan fingerprint density at radius 2 is 1.91 bits per heavy atom. The van der Waals surface area contributed by atoms with Crippen molar-refractivity contribution in [1.82, 2.24) is 14.0 Å². The van der Waals surface area contributed by atoms with Gasteiger partial charge < -0.3 is 9.67 Å². The van der Waals surface area contributed by atoms with Gasteiger partial charge in [0.05, 0.1) is 17.3 Å². The van der Waals surface area contributed by atoms with E-state index in [4.69, 9.17) is 21.8 Å². The number of fused-ring (bicyclic) bond motifs is 1. The number of benzene rings is 2. The van der Waals surface area contributed by atoms with Gasteiger partial charge in [-0.2, -0.15) is 5.26 Å². The van der Waals surface area contributed by atoms with Gasteiger partial charge in [-0.25, -0.2) is 9.78 Å². The summed E-state index contributed by atoms with van der Waals surface area (Å²) in [6.45, 7) is 0.602. The minimum absolute atomic E-state index is 0.179. The number of carboxylic acids is 1. The van der Waals surface area contributed by atoms with E-state index in [2.05, 4.69) is 6.07 Å². The second kappa shape index (κ2) is 9.72. The molecule has 166 valence electrons. The molecule has 7 nitrogen and oxygen atoms in total. The van der Waals surface area contributed by atoms with Crippen LogP contribution in [0.3, 0.4) is 0 Å². The predicted octanol–water partition coefficient (Wildman–Crippen LogP) is 4.80. The van der Waals surface area contributed by atoms with Crippen molar-refractivity contribution in [2.45, 2.75) is 32.2 Å². The number of nitrogens with zero attached hydrogens (tertiary/aromatic N) is 4. The number of imidazole rings is 1. The van der Waals surface area contributed by atoms with Crippen molar-refractivity contribution in [3.05, 3.63) is 93.0 Å². The number of carboxylic acid groups (broad SMARTS) is 1. The summed E-state index contributed by atoms with van der Waals surface area (Å²) in [7, 11) is 0. The number of aryl methyl sites for hydroxylation is 1. The van der Waals surface area contributed by atoms with Gasteiger partial charge in [0.2, 0.25) is 5.78 Å². The van der Waals surface area contributed by atoms with Crippen LogP contribution >= 0.6 is 11.6 Å². The first-order valence-corrected chi connectivity index (χ1v) is 10.9. The lowest BCUT2D eigenvalue weighted by Crippen LogP contribution is -2.22. The zero-order chi connectivity index (χ0) is 23.4. The van der Waals surface area contributed by atoms with Gasteiger partial charge in [-0.1, -0.05) is 35.9 Å². The van der Waals surface area contributed by atoms with Crippen LogP contribution in [0.2, 0.25) is 5.02 Å². The van der Waals surface area contributed by atoms with Crippen molar-refractivity contribution in [2.24, 2.45) is 0 Å². The molecule has 0 atom stereocenters. The van der Waals surface area contributed by atoms with Crippen LogP contribution in [0.1, 0.15) is 40.7 Å². The van der Waals surface area contributed by atoms with E-state index in [-0.39, 0.29) is 11.1 Å². The molecule has 0 aliphatic rings. The van der Waals surface area contributed by atoms with E-state index in [1.165, 1.54) is 10.5 Å². The summed E-state index contributed by atoms with van der Waals surface area (Å²) in [5.41, 5.74) is 2.74. The van der Waals surface area contributed by atoms with Crippen molar-refractivity contribution < 1.29 is 9.90 Å². The number of rotatable bonds is 8. The molecule has 0 saturated carbocycles. The highest BCUT2D eigenvalue weighted by molar-refractivity contribution is 6.30. The summed E-state index contributed by atoms with van der Waals surface area (Å²) < 4.78 is 3.46. The molecule has 1 N–H and O–H groups in total. The second-order valence-electron chi connectivity index (χ2n) is 7.75. The fraction of sp³-hybridized carbons (Fsp3) is 0.200.